The highest BCUT2D eigenvalue weighted by atomic mass is 32.1. The van der Waals surface area contributed by atoms with Crippen LogP contribution in [0.4, 0.5) is 0 Å². The smallest absolute Gasteiger partial charge is 0.123 e. The Morgan fingerprint density at radius 2 is 1.65 bits per heavy atom. The average molecular weight is 292 g/mol. The number of ether oxygens (including phenoxy) is 1. The van der Waals surface area contributed by atoms with E-state index < -0.39 is 0 Å². The van der Waals surface area contributed by atoms with E-state index in [2.05, 4.69) is 72.4 Å². The first-order valence-corrected chi connectivity index (χ1v) is 7.83. The molecule has 0 saturated heterocycles. The molecular weight excluding hydrogens is 264 g/mol. The maximum absolute atomic E-state index is 5.91. The summed E-state index contributed by atoms with van der Waals surface area (Å²) in [6, 6.07) is 6.57. The molecule has 1 aromatic carbocycles. The topological polar surface area (TPSA) is 9.23 Å². The van der Waals surface area contributed by atoms with Crippen LogP contribution in [0.5, 0.6) is 5.75 Å². The van der Waals surface area contributed by atoms with E-state index in [0.29, 0.717) is 6.61 Å². The summed E-state index contributed by atoms with van der Waals surface area (Å²) in [5.41, 5.74) is 2.85. The molecular formula is C18H28OS. The molecule has 112 valence electrons. The van der Waals surface area contributed by atoms with Crippen molar-refractivity contribution in [2.24, 2.45) is 0 Å². The van der Waals surface area contributed by atoms with Crippen molar-refractivity contribution in [1.82, 2.24) is 0 Å². The van der Waals surface area contributed by atoms with Crippen LogP contribution in [0.1, 0.15) is 52.7 Å². The molecule has 0 aliphatic carbocycles. The fourth-order valence-electron chi connectivity index (χ4n) is 1.99. The van der Waals surface area contributed by atoms with Gasteiger partial charge in [0.15, 0.2) is 0 Å². The minimum Gasteiger partial charge on any atom is -0.489 e. The SMILES string of the molecule is CC(C)(C)c1ccc(OC/C=C/CS)c(C(C)(C)C)c1. The second-order valence-corrected chi connectivity index (χ2v) is 7.54. The van der Waals surface area contributed by atoms with E-state index in [4.69, 9.17) is 4.74 Å². The van der Waals surface area contributed by atoms with Crippen molar-refractivity contribution in [3.05, 3.63) is 41.5 Å². The third-order valence-corrected chi connectivity index (χ3v) is 3.47. The van der Waals surface area contributed by atoms with Gasteiger partial charge in [-0.2, -0.15) is 12.6 Å². The lowest BCUT2D eigenvalue weighted by Crippen LogP contribution is -2.17. The third kappa shape index (κ3) is 4.90. The van der Waals surface area contributed by atoms with Gasteiger partial charge in [0.25, 0.3) is 0 Å². The largest absolute Gasteiger partial charge is 0.489 e. The lowest BCUT2D eigenvalue weighted by molar-refractivity contribution is 0.350. The van der Waals surface area contributed by atoms with E-state index in [-0.39, 0.29) is 10.8 Å². The Morgan fingerprint density at radius 1 is 1.00 bits per heavy atom. The zero-order valence-electron chi connectivity index (χ0n) is 13.7. The summed E-state index contributed by atoms with van der Waals surface area (Å²) in [4.78, 5) is 0. The van der Waals surface area contributed by atoms with Crippen LogP contribution < -0.4 is 4.74 Å². The molecule has 0 amide bonds. The molecule has 0 radical (unpaired) electrons. The molecule has 2 heteroatoms. The van der Waals surface area contributed by atoms with Crippen molar-refractivity contribution in [2.75, 3.05) is 12.4 Å². The minimum atomic E-state index is 0.0733. The highest BCUT2D eigenvalue weighted by Crippen LogP contribution is 2.35. The van der Waals surface area contributed by atoms with Gasteiger partial charge in [-0.3, -0.25) is 0 Å². The Labute approximate surface area is 129 Å². The summed E-state index contributed by atoms with van der Waals surface area (Å²) in [5, 5.41) is 0. The molecule has 0 aliphatic rings. The highest BCUT2D eigenvalue weighted by Gasteiger charge is 2.22. The predicted molar refractivity (Wildman–Crippen MR) is 92.3 cm³/mol. The summed E-state index contributed by atoms with van der Waals surface area (Å²) < 4.78 is 5.91. The van der Waals surface area contributed by atoms with Gasteiger partial charge >= 0.3 is 0 Å². The number of hydrogen-bond acceptors (Lipinski definition) is 2. The van der Waals surface area contributed by atoms with Crippen LogP contribution >= 0.6 is 12.6 Å². The molecule has 0 bridgehead atoms. The van der Waals surface area contributed by atoms with E-state index in [9.17, 15) is 0 Å². The zero-order valence-corrected chi connectivity index (χ0v) is 14.6. The van der Waals surface area contributed by atoms with E-state index in [1.165, 1.54) is 11.1 Å². The zero-order chi connectivity index (χ0) is 15.4. The second kappa shape index (κ2) is 6.71. The van der Waals surface area contributed by atoms with Gasteiger partial charge in [-0.05, 0) is 28.0 Å². The lowest BCUT2D eigenvalue weighted by Gasteiger charge is -2.27. The first-order chi connectivity index (χ1) is 9.16. The number of hydrogen-bond donors (Lipinski definition) is 1. The van der Waals surface area contributed by atoms with Crippen molar-refractivity contribution in [3.8, 4) is 5.75 Å². The average Bonchev–Trinajstić information content (AvgIpc) is 2.32. The van der Waals surface area contributed by atoms with Gasteiger partial charge in [0, 0.05) is 5.75 Å². The van der Waals surface area contributed by atoms with Gasteiger partial charge in [-0.25, -0.2) is 0 Å². The Bertz CT molecular complexity index is 461. The molecule has 0 unspecified atom stereocenters. The summed E-state index contributed by atoms with van der Waals surface area (Å²) in [7, 11) is 0. The van der Waals surface area contributed by atoms with Crippen LogP contribution in [0.15, 0.2) is 30.4 Å². The summed E-state index contributed by atoms with van der Waals surface area (Å²) >= 11 is 4.15. The van der Waals surface area contributed by atoms with Crippen LogP contribution in [0.2, 0.25) is 0 Å². The molecule has 0 saturated carbocycles. The maximum atomic E-state index is 5.91. The predicted octanol–water partition coefficient (Wildman–Crippen LogP) is 5.15. The molecule has 0 atom stereocenters. The molecule has 20 heavy (non-hydrogen) atoms. The Kier molecular flexibility index (Phi) is 5.76. The molecule has 0 spiro atoms. The number of thiol groups is 1. The van der Waals surface area contributed by atoms with Gasteiger partial charge in [-0.15, -0.1) is 0 Å². The van der Waals surface area contributed by atoms with E-state index in [1.807, 2.05) is 12.2 Å². The van der Waals surface area contributed by atoms with E-state index >= 15 is 0 Å². The first kappa shape index (κ1) is 17.2. The molecule has 1 rings (SSSR count). The maximum Gasteiger partial charge on any atom is 0.123 e. The summed E-state index contributed by atoms with van der Waals surface area (Å²) in [5.74, 6) is 1.73. The third-order valence-electron chi connectivity index (χ3n) is 3.26. The van der Waals surface area contributed by atoms with Crippen molar-refractivity contribution >= 4 is 12.6 Å². The van der Waals surface area contributed by atoms with Crippen molar-refractivity contribution in [3.63, 3.8) is 0 Å². The Balaban J connectivity index is 3.08. The molecule has 0 aromatic heterocycles. The van der Waals surface area contributed by atoms with Crippen LogP contribution in [-0.4, -0.2) is 12.4 Å². The first-order valence-electron chi connectivity index (χ1n) is 7.20. The van der Waals surface area contributed by atoms with Gasteiger partial charge in [-0.1, -0.05) is 65.8 Å². The molecule has 0 heterocycles. The molecule has 1 nitrogen and oxygen atoms in total. The van der Waals surface area contributed by atoms with Gasteiger partial charge in [0.2, 0.25) is 0 Å². The van der Waals surface area contributed by atoms with Crippen LogP contribution in [0, 0.1) is 0 Å². The lowest BCUT2D eigenvalue weighted by atomic mass is 9.80. The van der Waals surface area contributed by atoms with Crippen LogP contribution in [0.25, 0.3) is 0 Å². The van der Waals surface area contributed by atoms with Crippen LogP contribution in [0.3, 0.4) is 0 Å². The second-order valence-electron chi connectivity index (χ2n) is 7.18. The Hall–Kier alpha value is -0.890. The standard InChI is InChI=1S/C18H28OS/c1-17(2,3)14-9-10-16(19-11-7-8-12-20)15(13-14)18(4,5)6/h7-10,13,20H,11-12H2,1-6H3/b8-7+. The fraction of sp³-hybridized carbons (Fsp3) is 0.556. The van der Waals surface area contributed by atoms with Crippen molar-refractivity contribution in [1.29, 1.82) is 0 Å². The van der Waals surface area contributed by atoms with Crippen LogP contribution in [-0.2, 0) is 10.8 Å². The number of benzene rings is 1. The molecule has 0 aliphatic heterocycles. The molecule has 0 fully saturated rings. The van der Waals surface area contributed by atoms with Crippen molar-refractivity contribution in [2.45, 2.75) is 52.4 Å². The Morgan fingerprint density at radius 3 is 2.15 bits per heavy atom. The summed E-state index contributed by atoms with van der Waals surface area (Å²) in [6.07, 6.45) is 4.01. The van der Waals surface area contributed by atoms with Crippen molar-refractivity contribution < 1.29 is 4.74 Å². The van der Waals surface area contributed by atoms with Gasteiger partial charge in [0.05, 0.1) is 0 Å². The quantitative estimate of drug-likeness (QED) is 0.596. The minimum absolute atomic E-state index is 0.0733. The monoisotopic (exact) mass is 292 g/mol. The number of rotatable bonds is 4. The summed E-state index contributed by atoms with van der Waals surface area (Å²) in [6.45, 7) is 14.0. The van der Waals surface area contributed by atoms with E-state index in [0.717, 1.165) is 11.5 Å². The normalized spacial score (nSPS) is 12.9. The molecule has 1 aromatic rings. The van der Waals surface area contributed by atoms with Gasteiger partial charge < -0.3 is 4.74 Å². The van der Waals surface area contributed by atoms with Gasteiger partial charge in [0.1, 0.15) is 12.4 Å². The fourth-order valence-corrected chi connectivity index (χ4v) is 2.14. The molecule has 0 N–H and O–H groups in total. The van der Waals surface area contributed by atoms with E-state index in [1.54, 1.807) is 0 Å². The highest BCUT2D eigenvalue weighted by molar-refractivity contribution is 7.80.